The van der Waals surface area contributed by atoms with E-state index in [1.807, 2.05) is 12.1 Å². The number of nitrogens with zero attached hydrogens (tertiary/aromatic N) is 5. The Bertz CT molecular complexity index is 1290. The van der Waals surface area contributed by atoms with Gasteiger partial charge >= 0.3 is 6.01 Å². The van der Waals surface area contributed by atoms with Crippen molar-refractivity contribution in [2.24, 2.45) is 5.92 Å². The van der Waals surface area contributed by atoms with Crippen molar-refractivity contribution in [3.8, 4) is 16.5 Å². The number of hydrogen-bond donors (Lipinski definition) is 1. The van der Waals surface area contributed by atoms with Crippen LogP contribution in [0.4, 0.5) is 6.01 Å². The number of aromatic nitrogens is 4. The predicted octanol–water partition coefficient (Wildman–Crippen LogP) is 5.77. The maximum Gasteiger partial charge on any atom is 0.324 e. The summed E-state index contributed by atoms with van der Waals surface area (Å²) in [6.07, 6.45) is 2.11. The molecule has 5 rings (SSSR count). The van der Waals surface area contributed by atoms with E-state index in [0.29, 0.717) is 17.1 Å². The van der Waals surface area contributed by atoms with Crippen LogP contribution in [0, 0.1) is 19.8 Å². The third kappa shape index (κ3) is 5.68. The summed E-state index contributed by atoms with van der Waals surface area (Å²) in [6.45, 7) is 12.3. The van der Waals surface area contributed by atoms with E-state index < -0.39 is 0 Å². The van der Waals surface area contributed by atoms with Crippen LogP contribution in [0.15, 0.2) is 34.9 Å². The van der Waals surface area contributed by atoms with Crippen molar-refractivity contribution in [1.29, 1.82) is 0 Å². The average molecular weight is 510 g/mol. The molecule has 0 aliphatic carbocycles. The number of aryl methyl sites for hydroxylation is 2. The minimum absolute atomic E-state index is 0.0791. The Morgan fingerprint density at radius 3 is 2.44 bits per heavy atom. The Hall–Kier alpha value is -3.04. The van der Waals surface area contributed by atoms with Crippen LogP contribution in [0.25, 0.3) is 21.6 Å². The molecule has 0 saturated carbocycles. The Balaban J connectivity index is 0.00000148. The van der Waals surface area contributed by atoms with E-state index in [4.69, 9.17) is 24.3 Å². The van der Waals surface area contributed by atoms with Crippen LogP contribution in [-0.2, 0) is 0 Å². The van der Waals surface area contributed by atoms with Gasteiger partial charge in [-0.15, -0.1) is 0 Å². The number of anilines is 1. The Morgan fingerprint density at radius 1 is 1.03 bits per heavy atom. The van der Waals surface area contributed by atoms with E-state index in [1.165, 1.54) is 22.5 Å². The minimum Gasteiger partial charge on any atom is -0.467 e. The molecule has 1 aliphatic rings. The zero-order valence-electron chi connectivity index (χ0n) is 21.9. The van der Waals surface area contributed by atoms with Crippen molar-refractivity contribution in [2.75, 3.05) is 25.1 Å². The molecule has 1 unspecified atom stereocenters. The largest absolute Gasteiger partial charge is 0.467 e. The van der Waals surface area contributed by atoms with Crippen molar-refractivity contribution in [3.05, 3.63) is 47.3 Å². The second kappa shape index (κ2) is 11.3. The molecule has 4 aromatic rings. The summed E-state index contributed by atoms with van der Waals surface area (Å²) in [4.78, 5) is 17.2. The lowest BCUT2D eigenvalue weighted by atomic mass is 9.92. The van der Waals surface area contributed by atoms with Gasteiger partial charge < -0.3 is 19.3 Å². The van der Waals surface area contributed by atoms with Crippen molar-refractivity contribution in [1.82, 2.24) is 20.1 Å². The summed E-state index contributed by atoms with van der Waals surface area (Å²) in [7, 11) is 1.00. The quantitative estimate of drug-likeness (QED) is 0.350. The van der Waals surface area contributed by atoms with Gasteiger partial charge in [0.15, 0.2) is 5.82 Å². The highest BCUT2D eigenvalue weighted by molar-refractivity contribution is 7.19. The number of pyridine rings is 1. The summed E-state index contributed by atoms with van der Waals surface area (Å²) >= 11 is 1.52. The molecule has 1 N–H and O–H groups in total. The fourth-order valence-corrected chi connectivity index (χ4v) is 5.37. The van der Waals surface area contributed by atoms with Gasteiger partial charge in [-0.25, -0.2) is 9.97 Å². The zero-order chi connectivity index (χ0) is 25.8. The fraction of sp³-hybridized carbons (Fsp3) is 0.481. The highest BCUT2D eigenvalue weighted by Gasteiger charge is 2.28. The molecule has 4 heterocycles. The molecule has 1 atom stereocenters. The molecule has 1 aliphatic heterocycles. The van der Waals surface area contributed by atoms with Gasteiger partial charge in [0.1, 0.15) is 16.5 Å². The maximum atomic E-state index is 7.00. The van der Waals surface area contributed by atoms with E-state index in [-0.39, 0.29) is 12.0 Å². The van der Waals surface area contributed by atoms with E-state index in [1.54, 1.807) is 0 Å². The molecule has 1 fully saturated rings. The van der Waals surface area contributed by atoms with Crippen LogP contribution in [0.2, 0.25) is 0 Å². The highest BCUT2D eigenvalue weighted by Crippen LogP contribution is 2.33. The van der Waals surface area contributed by atoms with E-state index in [2.05, 4.69) is 67.9 Å². The van der Waals surface area contributed by atoms with Crippen LogP contribution in [0.3, 0.4) is 0 Å². The average Bonchev–Trinajstić information content (AvgIpc) is 3.52. The molecule has 0 bridgehead atoms. The summed E-state index contributed by atoms with van der Waals surface area (Å²) in [5, 5.41) is 11.8. The Labute approximate surface area is 216 Å². The number of fused-ring (bicyclic) bond motifs is 1. The molecule has 0 amide bonds. The van der Waals surface area contributed by atoms with E-state index in [0.717, 1.165) is 60.5 Å². The molecule has 3 aromatic heterocycles. The van der Waals surface area contributed by atoms with Gasteiger partial charge in [-0.2, -0.15) is 4.98 Å². The van der Waals surface area contributed by atoms with Gasteiger partial charge in [0.2, 0.25) is 0 Å². The molecule has 192 valence electrons. The van der Waals surface area contributed by atoms with Crippen LogP contribution < -0.4 is 9.64 Å². The lowest BCUT2D eigenvalue weighted by Gasteiger charge is -2.33. The number of aliphatic hydroxyl groups excluding tert-OH is 1. The van der Waals surface area contributed by atoms with Crippen molar-refractivity contribution >= 4 is 27.7 Å². The normalized spacial score (nSPS) is 15.2. The first-order chi connectivity index (χ1) is 17.4. The minimum atomic E-state index is 0.0791. The first-order valence-electron chi connectivity index (χ1n) is 12.4. The lowest BCUT2D eigenvalue weighted by molar-refractivity contribution is 0.131. The lowest BCUT2D eigenvalue weighted by Crippen LogP contribution is -2.38. The first-order valence-corrected chi connectivity index (χ1v) is 13.2. The first kappa shape index (κ1) is 26.0. The maximum absolute atomic E-state index is 7.00. The highest BCUT2D eigenvalue weighted by atomic mass is 32.1. The second-order valence-electron chi connectivity index (χ2n) is 9.56. The van der Waals surface area contributed by atoms with Crippen molar-refractivity contribution in [2.45, 2.75) is 59.5 Å². The Kier molecular flexibility index (Phi) is 8.21. The number of thiazole rings is 1. The third-order valence-corrected chi connectivity index (χ3v) is 7.46. The molecule has 8 nitrogen and oxygen atoms in total. The summed E-state index contributed by atoms with van der Waals surface area (Å²) in [6, 6.07) is 11.2. The molecule has 0 spiro atoms. The summed E-state index contributed by atoms with van der Waals surface area (Å²) in [5.74, 6) is 1.48. The van der Waals surface area contributed by atoms with Gasteiger partial charge in [0.25, 0.3) is 5.19 Å². The van der Waals surface area contributed by atoms with Crippen molar-refractivity contribution in [3.63, 3.8) is 0 Å². The monoisotopic (exact) mass is 509 g/mol. The standard InChI is InChI=1S/C26H31N5O2S.CH4O/c1-15(2)23-29-25(33-30-23)31-12-10-19(11-13-31)18(5)32-26-28-22-9-8-21(27-24(22)34-26)20-7-6-16(3)14-17(20)4;1-2/h6-9,14-15,18-19H,10-13H2,1-5H3;2H,1H3. The number of hydrogen-bond acceptors (Lipinski definition) is 9. The van der Waals surface area contributed by atoms with Gasteiger partial charge in [-0.3, -0.25) is 0 Å². The van der Waals surface area contributed by atoms with Gasteiger partial charge in [-0.1, -0.05) is 54.1 Å². The van der Waals surface area contributed by atoms with Gasteiger partial charge in [0.05, 0.1) is 5.69 Å². The van der Waals surface area contributed by atoms with Gasteiger partial charge in [-0.05, 0) is 57.2 Å². The van der Waals surface area contributed by atoms with E-state index >= 15 is 0 Å². The molecule has 9 heteroatoms. The zero-order valence-corrected chi connectivity index (χ0v) is 22.7. The van der Waals surface area contributed by atoms with Crippen LogP contribution in [0.5, 0.6) is 5.19 Å². The molecule has 1 saturated heterocycles. The van der Waals surface area contributed by atoms with Crippen LogP contribution in [-0.4, -0.2) is 51.5 Å². The Morgan fingerprint density at radius 2 is 1.78 bits per heavy atom. The predicted molar refractivity (Wildman–Crippen MR) is 144 cm³/mol. The molecule has 36 heavy (non-hydrogen) atoms. The number of rotatable bonds is 6. The summed E-state index contributed by atoms with van der Waals surface area (Å²) < 4.78 is 11.8. The number of piperidine rings is 1. The fourth-order valence-electron chi connectivity index (χ4n) is 4.50. The van der Waals surface area contributed by atoms with E-state index in [9.17, 15) is 0 Å². The summed E-state index contributed by atoms with van der Waals surface area (Å²) in [5.41, 5.74) is 5.50. The van der Waals surface area contributed by atoms with Crippen LogP contribution in [0.1, 0.15) is 56.5 Å². The second-order valence-corrected chi connectivity index (χ2v) is 10.5. The molecule has 1 aromatic carbocycles. The third-order valence-electron chi connectivity index (χ3n) is 6.60. The molecular weight excluding hydrogens is 474 g/mol. The SMILES string of the molecule is CO.Cc1ccc(-c2ccc3nc(OC(C)C4CCN(c5nc(C(C)C)no5)CC4)sc3n2)c(C)c1. The smallest absolute Gasteiger partial charge is 0.324 e. The molecule has 0 radical (unpaired) electrons. The van der Waals surface area contributed by atoms with Crippen LogP contribution >= 0.6 is 11.3 Å². The molecular formula is C27H35N5O3S. The van der Waals surface area contributed by atoms with Gasteiger partial charge in [0, 0.05) is 31.7 Å². The van der Waals surface area contributed by atoms with Crippen molar-refractivity contribution < 1.29 is 14.4 Å². The number of aliphatic hydroxyl groups is 1. The number of benzene rings is 1. The number of ether oxygens (including phenoxy) is 1. The topological polar surface area (TPSA) is 97.4 Å².